The molecule has 28 heavy (non-hydrogen) atoms. The lowest BCUT2D eigenvalue weighted by molar-refractivity contribution is -0.127. The Kier molecular flexibility index (Phi) is 7.53. The SMILES string of the molecule is CCCNC(=O)CNC(=O)C(NS(=O)(=O)c1ccc2ccccc2c1)C(C)C. The van der Waals surface area contributed by atoms with Crippen molar-refractivity contribution in [1.29, 1.82) is 0 Å². The Morgan fingerprint density at radius 1 is 1.00 bits per heavy atom. The molecule has 0 bridgehead atoms. The summed E-state index contributed by atoms with van der Waals surface area (Å²) < 4.78 is 28.1. The molecule has 2 aromatic rings. The fourth-order valence-corrected chi connectivity index (χ4v) is 4.05. The molecule has 0 spiro atoms. The predicted molar refractivity (Wildman–Crippen MR) is 109 cm³/mol. The zero-order chi connectivity index (χ0) is 20.7. The number of sulfonamides is 1. The van der Waals surface area contributed by atoms with Gasteiger partial charge >= 0.3 is 0 Å². The molecule has 2 rings (SSSR count). The molecule has 0 radical (unpaired) electrons. The minimum atomic E-state index is -3.91. The summed E-state index contributed by atoms with van der Waals surface area (Å²) in [6, 6.07) is 11.3. The van der Waals surface area contributed by atoms with Crippen molar-refractivity contribution >= 4 is 32.6 Å². The first kappa shape index (κ1) is 21.8. The van der Waals surface area contributed by atoms with Crippen LogP contribution in [0.25, 0.3) is 10.8 Å². The van der Waals surface area contributed by atoms with E-state index in [4.69, 9.17) is 0 Å². The summed E-state index contributed by atoms with van der Waals surface area (Å²) in [5.41, 5.74) is 0. The number of carbonyl (C=O) groups is 2. The maximum absolute atomic E-state index is 12.8. The Balaban J connectivity index is 2.12. The standard InChI is InChI=1S/C20H27N3O4S/c1-4-11-21-18(24)13-22-20(25)19(14(2)3)23-28(26,27)17-10-9-15-7-5-6-8-16(15)12-17/h5-10,12,14,19,23H,4,11,13H2,1-3H3,(H,21,24)(H,22,25). The lowest BCUT2D eigenvalue weighted by Crippen LogP contribution is -2.51. The van der Waals surface area contributed by atoms with Crippen LogP contribution in [0.3, 0.4) is 0 Å². The van der Waals surface area contributed by atoms with Crippen molar-refractivity contribution in [2.45, 2.75) is 38.1 Å². The highest BCUT2D eigenvalue weighted by Crippen LogP contribution is 2.19. The number of hydrogen-bond donors (Lipinski definition) is 3. The van der Waals surface area contributed by atoms with Gasteiger partial charge in [0.1, 0.15) is 6.04 Å². The van der Waals surface area contributed by atoms with Gasteiger partial charge in [-0.05, 0) is 35.2 Å². The molecule has 8 heteroatoms. The zero-order valence-corrected chi connectivity index (χ0v) is 17.2. The monoisotopic (exact) mass is 405 g/mol. The van der Waals surface area contributed by atoms with Crippen molar-refractivity contribution < 1.29 is 18.0 Å². The number of hydrogen-bond acceptors (Lipinski definition) is 4. The average Bonchev–Trinajstić information content (AvgIpc) is 2.68. The molecule has 1 unspecified atom stereocenters. The number of benzene rings is 2. The Bertz CT molecular complexity index is 941. The molecule has 0 aliphatic heterocycles. The average molecular weight is 406 g/mol. The molecule has 0 aliphatic carbocycles. The maximum Gasteiger partial charge on any atom is 0.241 e. The van der Waals surface area contributed by atoms with Gasteiger partial charge in [-0.1, -0.05) is 51.1 Å². The molecule has 0 fully saturated rings. The molecule has 3 N–H and O–H groups in total. The molecule has 0 heterocycles. The van der Waals surface area contributed by atoms with E-state index in [-0.39, 0.29) is 23.3 Å². The lowest BCUT2D eigenvalue weighted by atomic mass is 10.1. The van der Waals surface area contributed by atoms with Gasteiger partial charge in [0.2, 0.25) is 21.8 Å². The van der Waals surface area contributed by atoms with Gasteiger partial charge in [-0.25, -0.2) is 8.42 Å². The highest BCUT2D eigenvalue weighted by molar-refractivity contribution is 7.89. The third-order valence-electron chi connectivity index (χ3n) is 4.26. The molecule has 0 aromatic heterocycles. The van der Waals surface area contributed by atoms with Crippen LogP contribution in [0.4, 0.5) is 0 Å². The van der Waals surface area contributed by atoms with Crippen LogP contribution in [0.1, 0.15) is 27.2 Å². The van der Waals surface area contributed by atoms with Crippen molar-refractivity contribution in [3.63, 3.8) is 0 Å². The molecule has 0 saturated carbocycles. The van der Waals surface area contributed by atoms with E-state index in [9.17, 15) is 18.0 Å². The molecular weight excluding hydrogens is 378 g/mol. The van der Waals surface area contributed by atoms with E-state index in [1.54, 1.807) is 26.0 Å². The molecule has 7 nitrogen and oxygen atoms in total. The van der Waals surface area contributed by atoms with E-state index in [0.29, 0.717) is 6.54 Å². The number of rotatable bonds is 9. The number of carbonyl (C=O) groups excluding carboxylic acids is 2. The third-order valence-corrected chi connectivity index (χ3v) is 5.70. The van der Waals surface area contributed by atoms with Crippen LogP contribution in [0.2, 0.25) is 0 Å². The van der Waals surface area contributed by atoms with Crippen LogP contribution in [0, 0.1) is 5.92 Å². The van der Waals surface area contributed by atoms with Gasteiger partial charge in [0.25, 0.3) is 0 Å². The van der Waals surface area contributed by atoms with Crippen molar-refractivity contribution in [2.75, 3.05) is 13.1 Å². The Morgan fingerprint density at radius 2 is 1.68 bits per heavy atom. The van der Waals surface area contributed by atoms with Gasteiger partial charge in [-0.2, -0.15) is 4.72 Å². The first-order chi connectivity index (χ1) is 13.2. The Hall–Kier alpha value is -2.45. The summed E-state index contributed by atoms with van der Waals surface area (Å²) in [5, 5.41) is 6.88. The van der Waals surface area contributed by atoms with E-state index < -0.39 is 22.0 Å². The molecule has 152 valence electrons. The summed E-state index contributed by atoms with van der Waals surface area (Å²) in [6.07, 6.45) is 0.792. The van der Waals surface area contributed by atoms with Gasteiger partial charge < -0.3 is 10.6 Å². The smallest absolute Gasteiger partial charge is 0.241 e. The van der Waals surface area contributed by atoms with E-state index in [1.165, 1.54) is 6.07 Å². The maximum atomic E-state index is 12.8. The highest BCUT2D eigenvalue weighted by atomic mass is 32.2. The summed E-state index contributed by atoms with van der Waals surface area (Å²) in [5.74, 6) is -1.14. The molecular formula is C20H27N3O4S. The third kappa shape index (κ3) is 5.77. The summed E-state index contributed by atoms with van der Waals surface area (Å²) >= 11 is 0. The van der Waals surface area contributed by atoms with Crippen molar-refractivity contribution in [2.24, 2.45) is 5.92 Å². The lowest BCUT2D eigenvalue weighted by Gasteiger charge is -2.21. The quantitative estimate of drug-likeness (QED) is 0.591. The van der Waals surface area contributed by atoms with E-state index in [0.717, 1.165) is 17.2 Å². The van der Waals surface area contributed by atoms with Crippen molar-refractivity contribution in [1.82, 2.24) is 15.4 Å². The Labute approximate surface area is 165 Å². The summed E-state index contributed by atoms with van der Waals surface area (Å²) in [6.45, 7) is 5.74. The highest BCUT2D eigenvalue weighted by Gasteiger charge is 2.28. The molecule has 2 amide bonds. The zero-order valence-electron chi connectivity index (χ0n) is 16.4. The van der Waals surface area contributed by atoms with Crippen LogP contribution in [0.15, 0.2) is 47.4 Å². The van der Waals surface area contributed by atoms with Crippen LogP contribution in [0.5, 0.6) is 0 Å². The van der Waals surface area contributed by atoms with Gasteiger partial charge in [-0.15, -0.1) is 0 Å². The fourth-order valence-electron chi connectivity index (χ4n) is 2.67. The fraction of sp³-hybridized carbons (Fsp3) is 0.400. The van der Waals surface area contributed by atoms with Gasteiger partial charge in [0.05, 0.1) is 11.4 Å². The normalized spacial score (nSPS) is 12.7. The van der Waals surface area contributed by atoms with E-state index >= 15 is 0 Å². The molecule has 0 aliphatic rings. The van der Waals surface area contributed by atoms with E-state index in [2.05, 4.69) is 15.4 Å². The second-order valence-corrected chi connectivity index (χ2v) is 8.63. The van der Waals surface area contributed by atoms with Crippen molar-refractivity contribution in [3.8, 4) is 0 Å². The topological polar surface area (TPSA) is 104 Å². The van der Waals surface area contributed by atoms with Gasteiger partial charge in [0, 0.05) is 6.54 Å². The van der Waals surface area contributed by atoms with E-state index in [1.807, 2.05) is 31.2 Å². The van der Waals surface area contributed by atoms with Crippen LogP contribution in [-0.4, -0.2) is 39.4 Å². The first-order valence-corrected chi connectivity index (χ1v) is 10.8. The molecule has 0 saturated heterocycles. The minimum absolute atomic E-state index is 0.0883. The van der Waals surface area contributed by atoms with Gasteiger partial charge in [0.15, 0.2) is 0 Å². The predicted octanol–water partition coefficient (Wildman–Crippen LogP) is 1.79. The minimum Gasteiger partial charge on any atom is -0.355 e. The summed E-state index contributed by atoms with van der Waals surface area (Å²) in [4.78, 5) is 24.2. The van der Waals surface area contributed by atoms with Crippen LogP contribution in [-0.2, 0) is 19.6 Å². The second kappa shape index (κ2) is 9.66. The number of amides is 2. The van der Waals surface area contributed by atoms with Crippen LogP contribution < -0.4 is 15.4 Å². The number of fused-ring (bicyclic) bond motifs is 1. The first-order valence-electron chi connectivity index (χ1n) is 9.30. The van der Waals surface area contributed by atoms with Crippen molar-refractivity contribution in [3.05, 3.63) is 42.5 Å². The Morgan fingerprint density at radius 3 is 2.32 bits per heavy atom. The van der Waals surface area contributed by atoms with Crippen LogP contribution >= 0.6 is 0 Å². The summed E-state index contributed by atoms with van der Waals surface area (Å²) in [7, 11) is -3.91. The largest absolute Gasteiger partial charge is 0.355 e. The second-order valence-electron chi connectivity index (χ2n) is 6.92. The molecule has 1 atom stereocenters. The molecule has 2 aromatic carbocycles. The van der Waals surface area contributed by atoms with Gasteiger partial charge in [-0.3, -0.25) is 9.59 Å². The number of nitrogens with one attached hydrogen (secondary N) is 3.